The van der Waals surface area contributed by atoms with Crippen molar-refractivity contribution in [3.05, 3.63) is 35.9 Å². The predicted octanol–water partition coefficient (Wildman–Crippen LogP) is 3.19. The lowest BCUT2D eigenvalue weighted by Gasteiger charge is -2.41. The van der Waals surface area contributed by atoms with Crippen molar-refractivity contribution in [3.63, 3.8) is 0 Å². The zero-order valence-electron chi connectivity index (χ0n) is 16.6. The van der Waals surface area contributed by atoms with Gasteiger partial charge in [-0.3, -0.25) is 4.79 Å². The summed E-state index contributed by atoms with van der Waals surface area (Å²) >= 11 is 0. The first-order valence-electron chi connectivity index (χ1n) is 10.1. The number of benzene rings is 1. The highest BCUT2D eigenvalue weighted by Gasteiger charge is 2.35. The fourth-order valence-corrected chi connectivity index (χ4v) is 4.14. The number of amides is 2. The average molecular weight is 410 g/mol. The van der Waals surface area contributed by atoms with E-state index in [0.717, 1.165) is 18.4 Å². The van der Waals surface area contributed by atoms with Crippen molar-refractivity contribution in [1.82, 2.24) is 9.80 Å². The maximum absolute atomic E-state index is 12.8. The molecule has 1 aliphatic heterocycles. The standard InChI is InChI=1S/C21H31N3O3.ClH/c1-16-14-23(20(25)19(22)18-10-6-3-7-11-18)12-13-24(16)21(26)27-15-17-8-4-2-5-9-17;/h2,4-5,8-9,16,18-19H,3,6-7,10-15,22H2,1H3;1H/t16-,19?;/m0./s1. The molecule has 0 bridgehead atoms. The number of nitrogens with two attached hydrogens (primary N) is 1. The first-order chi connectivity index (χ1) is 13.1. The predicted molar refractivity (Wildman–Crippen MR) is 111 cm³/mol. The number of hydrogen-bond acceptors (Lipinski definition) is 4. The molecule has 0 radical (unpaired) electrons. The van der Waals surface area contributed by atoms with Gasteiger partial charge >= 0.3 is 6.09 Å². The number of halogens is 1. The molecular weight excluding hydrogens is 378 g/mol. The van der Waals surface area contributed by atoms with E-state index in [-0.39, 0.29) is 37.1 Å². The highest BCUT2D eigenvalue weighted by molar-refractivity contribution is 5.85. The van der Waals surface area contributed by atoms with Crippen molar-refractivity contribution < 1.29 is 14.3 Å². The van der Waals surface area contributed by atoms with E-state index in [1.165, 1.54) is 19.3 Å². The molecule has 1 saturated carbocycles. The van der Waals surface area contributed by atoms with E-state index >= 15 is 0 Å². The molecule has 28 heavy (non-hydrogen) atoms. The van der Waals surface area contributed by atoms with Gasteiger partial charge in [0.25, 0.3) is 0 Å². The zero-order chi connectivity index (χ0) is 19.2. The number of rotatable bonds is 4. The maximum atomic E-state index is 12.8. The molecule has 6 nitrogen and oxygen atoms in total. The third-order valence-electron chi connectivity index (χ3n) is 5.82. The molecule has 0 spiro atoms. The van der Waals surface area contributed by atoms with E-state index in [2.05, 4.69) is 0 Å². The fourth-order valence-electron chi connectivity index (χ4n) is 4.14. The third-order valence-corrected chi connectivity index (χ3v) is 5.82. The van der Waals surface area contributed by atoms with Crippen LogP contribution in [0.1, 0.15) is 44.6 Å². The van der Waals surface area contributed by atoms with Crippen LogP contribution in [0.5, 0.6) is 0 Å². The molecule has 1 aliphatic carbocycles. The van der Waals surface area contributed by atoms with Crippen LogP contribution in [0, 0.1) is 5.92 Å². The van der Waals surface area contributed by atoms with Crippen molar-refractivity contribution in [2.24, 2.45) is 11.7 Å². The molecule has 3 rings (SSSR count). The van der Waals surface area contributed by atoms with E-state index in [9.17, 15) is 9.59 Å². The Kier molecular flexibility index (Phi) is 8.58. The summed E-state index contributed by atoms with van der Waals surface area (Å²) in [6.45, 7) is 3.73. The lowest BCUT2D eigenvalue weighted by atomic mass is 9.83. The summed E-state index contributed by atoms with van der Waals surface area (Å²) in [7, 11) is 0. The van der Waals surface area contributed by atoms with Crippen LogP contribution in [-0.4, -0.2) is 53.5 Å². The van der Waals surface area contributed by atoms with Gasteiger partial charge in [0, 0.05) is 25.7 Å². The molecule has 2 atom stereocenters. The van der Waals surface area contributed by atoms with E-state index in [0.29, 0.717) is 25.6 Å². The fraction of sp³-hybridized carbons (Fsp3) is 0.619. The van der Waals surface area contributed by atoms with Crippen molar-refractivity contribution >= 4 is 24.4 Å². The topological polar surface area (TPSA) is 75.9 Å². The molecule has 156 valence electrons. The summed E-state index contributed by atoms with van der Waals surface area (Å²) in [5, 5.41) is 0. The van der Waals surface area contributed by atoms with Crippen LogP contribution >= 0.6 is 12.4 Å². The van der Waals surface area contributed by atoms with Crippen molar-refractivity contribution in [2.75, 3.05) is 19.6 Å². The van der Waals surface area contributed by atoms with Gasteiger partial charge in [0.1, 0.15) is 6.61 Å². The second kappa shape index (κ2) is 10.7. The molecule has 1 aromatic rings. The lowest BCUT2D eigenvalue weighted by Crippen LogP contribution is -2.59. The van der Waals surface area contributed by atoms with E-state index in [4.69, 9.17) is 10.5 Å². The summed E-state index contributed by atoms with van der Waals surface area (Å²) in [4.78, 5) is 28.7. The van der Waals surface area contributed by atoms with Crippen LogP contribution in [0.2, 0.25) is 0 Å². The Hall–Kier alpha value is -1.79. The van der Waals surface area contributed by atoms with Gasteiger partial charge in [-0.05, 0) is 31.2 Å². The summed E-state index contributed by atoms with van der Waals surface area (Å²) in [6, 6.07) is 9.15. The number of carbonyl (C=O) groups excluding carboxylic acids is 2. The highest BCUT2D eigenvalue weighted by Crippen LogP contribution is 2.27. The number of hydrogen-bond donors (Lipinski definition) is 1. The van der Waals surface area contributed by atoms with Gasteiger partial charge in [-0.25, -0.2) is 4.79 Å². The Morgan fingerprint density at radius 1 is 1.14 bits per heavy atom. The van der Waals surface area contributed by atoms with Gasteiger partial charge in [0.15, 0.2) is 0 Å². The van der Waals surface area contributed by atoms with Gasteiger partial charge in [0.2, 0.25) is 5.91 Å². The average Bonchev–Trinajstić information content (AvgIpc) is 2.72. The molecule has 0 aromatic heterocycles. The van der Waals surface area contributed by atoms with Crippen molar-refractivity contribution in [1.29, 1.82) is 0 Å². The normalized spacial score (nSPS) is 21.6. The first-order valence-corrected chi connectivity index (χ1v) is 10.1. The summed E-state index contributed by atoms with van der Waals surface area (Å²) in [6.07, 6.45) is 5.36. The highest BCUT2D eigenvalue weighted by atomic mass is 35.5. The van der Waals surface area contributed by atoms with Crippen LogP contribution in [0.25, 0.3) is 0 Å². The van der Waals surface area contributed by atoms with E-state index in [1.807, 2.05) is 42.2 Å². The third kappa shape index (κ3) is 5.61. The van der Waals surface area contributed by atoms with Gasteiger partial charge in [-0.15, -0.1) is 12.4 Å². The number of carbonyl (C=O) groups is 2. The minimum absolute atomic E-state index is 0. The quantitative estimate of drug-likeness (QED) is 0.828. The Balaban J connectivity index is 0.00000280. The Bertz CT molecular complexity index is 637. The molecule has 2 aliphatic rings. The number of piperazine rings is 1. The van der Waals surface area contributed by atoms with Crippen LogP contribution in [0.4, 0.5) is 4.79 Å². The maximum Gasteiger partial charge on any atom is 0.410 e. The molecule has 1 saturated heterocycles. The summed E-state index contributed by atoms with van der Waals surface area (Å²) in [5.74, 6) is 0.335. The van der Waals surface area contributed by atoms with E-state index in [1.54, 1.807) is 4.90 Å². The molecule has 2 fully saturated rings. The molecule has 7 heteroatoms. The van der Waals surface area contributed by atoms with Gasteiger partial charge in [-0.2, -0.15) is 0 Å². The first kappa shape index (κ1) is 22.5. The molecular formula is C21H32ClN3O3. The van der Waals surface area contributed by atoms with Crippen molar-refractivity contribution in [3.8, 4) is 0 Å². The number of ether oxygens (including phenoxy) is 1. The minimum Gasteiger partial charge on any atom is -0.445 e. The van der Waals surface area contributed by atoms with Crippen LogP contribution in [-0.2, 0) is 16.1 Å². The van der Waals surface area contributed by atoms with Crippen LogP contribution < -0.4 is 5.73 Å². The molecule has 1 aromatic carbocycles. The minimum atomic E-state index is -0.408. The van der Waals surface area contributed by atoms with Gasteiger partial charge in [0.05, 0.1) is 6.04 Å². The molecule has 1 unspecified atom stereocenters. The second-order valence-corrected chi connectivity index (χ2v) is 7.79. The number of nitrogens with zero attached hydrogens (tertiary/aromatic N) is 2. The molecule has 2 N–H and O–H groups in total. The summed E-state index contributed by atoms with van der Waals surface area (Å²) in [5.41, 5.74) is 7.24. The largest absolute Gasteiger partial charge is 0.445 e. The van der Waals surface area contributed by atoms with Gasteiger partial charge < -0.3 is 20.3 Å². The Morgan fingerprint density at radius 3 is 2.46 bits per heavy atom. The van der Waals surface area contributed by atoms with Crippen LogP contribution in [0.15, 0.2) is 30.3 Å². The van der Waals surface area contributed by atoms with Gasteiger partial charge in [-0.1, -0.05) is 49.6 Å². The second-order valence-electron chi connectivity index (χ2n) is 7.79. The summed E-state index contributed by atoms with van der Waals surface area (Å²) < 4.78 is 5.44. The smallest absolute Gasteiger partial charge is 0.410 e. The monoisotopic (exact) mass is 409 g/mol. The van der Waals surface area contributed by atoms with Crippen molar-refractivity contribution in [2.45, 2.75) is 57.7 Å². The Morgan fingerprint density at radius 2 is 1.82 bits per heavy atom. The zero-order valence-corrected chi connectivity index (χ0v) is 17.4. The molecule has 1 heterocycles. The SMILES string of the molecule is C[C@H]1CN(C(=O)C(N)C2CCCCC2)CCN1C(=O)OCc1ccccc1.Cl. The van der Waals surface area contributed by atoms with Crippen LogP contribution in [0.3, 0.4) is 0 Å². The molecule has 2 amide bonds. The Labute approximate surface area is 173 Å². The lowest BCUT2D eigenvalue weighted by molar-refractivity contribution is -0.136. The van der Waals surface area contributed by atoms with E-state index < -0.39 is 6.04 Å².